The van der Waals surface area contributed by atoms with Crippen LogP contribution in [0.3, 0.4) is 0 Å². The van der Waals surface area contributed by atoms with Crippen molar-refractivity contribution >= 4 is 0 Å². The first-order valence-corrected chi connectivity index (χ1v) is 6.27. The SMILES string of the molecule is CCCN1CCc2cnc(C(C)C)nc2C1. The lowest BCUT2D eigenvalue weighted by Gasteiger charge is -2.27. The fourth-order valence-corrected chi connectivity index (χ4v) is 2.16. The molecule has 3 nitrogen and oxygen atoms in total. The summed E-state index contributed by atoms with van der Waals surface area (Å²) in [6.07, 6.45) is 4.35. The molecule has 1 aromatic rings. The summed E-state index contributed by atoms with van der Waals surface area (Å²) in [6, 6.07) is 0. The van der Waals surface area contributed by atoms with Crippen LogP contribution in [0.25, 0.3) is 0 Å². The minimum atomic E-state index is 0.423. The number of rotatable bonds is 3. The average molecular weight is 219 g/mol. The van der Waals surface area contributed by atoms with Gasteiger partial charge in [0.15, 0.2) is 0 Å². The zero-order valence-electron chi connectivity index (χ0n) is 10.5. The van der Waals surface area contributed by atoms with E-state index in [1.165, 1.54) is 24.2 Å². The molecular formula is C13H21N3. The van der Waals surface area contributed by atoms with Crippen molar-refractivity contribution in [2.45, 2.75) is 46.1 Å². The van der Waals surface area contributed by atoms with Gasteiger partial charge in [-0.15, -0.1) is 0 Å². The van der Waals surface area contributed by atoms with E-state index in [1.54, 1.807) is 0 Å². The first-order chi connectivity index (χ1) is 7.70. The normalized spacial score (nSPS) is 16.5. The van der Waals surface area contributed by atoms with Gasteiger partial charge in [-0.1, -0.05) is 20.8 Å². The molecule has 0 spiro atoms. The Labute approximate surface area is 97.9 Å². The number of hydrogen-bond acceptors (Lipinski definition) is 3. The van der Waals surface area contributed by atoms with Gasteiger partial charge in [-0.3, -0.25) is 4.90 Å². The first kappa shape index (κ1) is 11.5. The van der Waals surface area contributed by atoms with Crippen molar-refractivity contribution in [3.8, 4) is 0 Å². The predicted octanol–water partition coefficient (Wildman–Crippen LogP) is 2.37. The van der Waals surface area contributed by atoms with E-state index in [1.807, 2.05) is 6.20 Å². The molecule has 88 valence electrons. The van der Waals surface area contributed by atoms with Gasteiger partial charge in [0.25, 0.3) is 0 Å². The van der Waals surface area contributed by atoms with Crippen molar-refractivity contribution in [2.24, 2.45) is 0 Å². The largest absolute Gasteiger partial charge is 0.297 e. The Bertz CT molecular complexity index is 360. The van der Waals surface area contributed by atoms with E-state index < -0.39 is 0 Å². The van der Waals surface area contributed by atoms with Crippen LogP contribution in [0, 0.1) is 0 Å². The molecular weight excluding hydrogens is 198 g/mol. The maximum absolute atomic E-state index is 4.69. The fourth-order valence-electron chi connectivity index (χ4n) is 2.16. The summed E-state index contributed by atoms with van der Waals surface area (Å²) in [7, 11) is 0. The molecule has 0 unspecified atom stereocenters. The third-order valence-corrected chi connectivity index (χ3v) is 3.10. The van der Waals surface area contributed by atoms with Gasteiger partial charge in [0.1, 0.15) is 5.82 Å². The summed E-state index contributed by atoms with van der Waals surface area (Å²) in [5.41, 5.74) is 2.59. The molecule has 0 atom stereocenters. The molecule has 0 aliphatic carbocycles. The number of nitrogens with zero attached hydrogens (tertiary/aromatic N) is 3. The van der Waals surface area contributed by atoms with Crippen LogP contribution < -0.4 is 0 Å². The lowest BCUT2D eigenvalue weighted by atomic mass is 10.1. The molecule has 0 amide bonds. The lowest BCUT2D eigenvalue weighted by molar-refractivity contribution is 0.249. The number of fused-ring (bicyclic) bond motifs is 1. The highest BCUT2D eigenvalue weighted by Crippen LogP contribution is 2.18. The van der Waals surface area contributed by atoms with E-state index in [9.17, 15) is 0 Å². The molecule has 1 aromatic heterocycles. The first-order valence-electron chi connectivity index (χ1n) is 6.27. The van der Waals surface area contributed by atoms with Crippen LogP contribution in [0.1, 0.15) is 50.2 Å². The number of aromatic nitrogens is 2. The van der Waals surface area contributed by atoms with Crippen molar-refractivity contribution in [1.29, 1.82) is 0 Å². The van der Waals surface area contributed by atoms with Gasteiger partial charge < -0.3 is 0 Å². The second-order valence-electron chi connectivity index (χ2n) is 4.88. The standard InChI is InChI=1S/C13H21N3/c1-4-6-16-7-5-11-8-14-13(10(2)3)15-12(11)9-16/h8,10H,4-7,9H2,1-3H3. The average Bonchev–Trinajstić information content (AvgIpc) is 2.28. The molecule has 0 N–H and O–H groups in total. The summed E-state index contributed by atoms with van der Waals surface area (Å²) < 4.78 is 0. The van der Waals surface area contributed by atoms with Crippen molar-refractivity contribution in [3.05, 3.63) is 23.3 Å². The van der Waals surface area contributed by atoms with E-state index >= 15 is 0 Å². The quantitative estimate of drug-likeness (QED) is 0.781. The van der Waals surface area contributed by atoms with Gasteiger partial charge in [0.2, 0.25) is 0 Å². The van der Waals surface area contributed by atoms with Crippen LogP contribution in [0.2, 0.25) is 0 Å². The Morgan fingerprint density at radius 3 is 2.94 bits per heavy atom. The molecule has 1 aliphatic rings. The van der Waals surface area contributed by atoms with Gasteiger partial charge in [-0.2, -0.15) is 0 Å². The Kier molecular flexibility index (Phi) is 3.54. The van der Waals surface area contributed by atoms with Gasteiger partial charge in [-0.25, -0.2) is 9.97 Å². The Morgan fingerprint density at radius 1 is 1.44 bits per heavy atom. The molecule has 1 aliphatic heterocycles. The van der Waals surface area contributed by atoms with E-state index in [2.05, 4.69) is 30.7 Å². The van der Waals surface area contributed by atoms with E-state index in [4.69, 9.17) is 4.98 Å². The third kappa shape index (κ3) is 2.40. The minimum Gasteiger partial charge on any atom is -0.297 e. The van der Waals surface area contributed by atoms with Crippen molar-refractivity contribution in [1.82, 2.24) is 14.9 Å². The summed E-state index contributed by atoms with van der Waals surface area (Å²) in [4.78, 5) is 11.6. The van der Waals surface area contributed by atoms with E-state index in [0.29, 0.717) is 5.92 Å². The molecule has 2 heterocycles. The maximum Gasteiger partial charge on any atom is 0.131 e. The minimum absolute atomic E-state index is 0.423. The summed E-state index contributed by atoms with van der Waals surface area (Å²) in [6.45, 7) is 9.87. The van der Waals surface area contributed by atoms with Crippen LogP contribution in [0.5, 0.6) is 0 Å². The summed E-state index contributed by atoms with van der Waals surface area (Å²) in [5.74, 6) is 1.41. The molecule has 0 radical (unpaired) electrons. The second-order valence-corrected chi connectivity index (χ2v) is 4.88. The van der Waals surface area contributed by atoms with Gasteiger partial charge in [0.05, 0.1) is 5.69 Å². The van der Waals surface area contributed by atoms with Crippen LogP contribution in [-0.4, -0.2) is 28.0 Å². The Morgan fingerprint density at radius 2 is 2.25 bits per heavy atom. The Balaban J connectivity index is 2.18. The molecule has 3 heteroatoms. The third-order valence-electron chi connectivity index (χ3n) is 3.10. The highest BCUT2D eigenvalue weighted by atomic mass is 15.1. The zero-order chi connectivity index (χ0) is 11.5. The van der Waals surface area contributed by atoms with Gasteiger partial charge in [-0.05, 0) is 24.9 Å². The molecule has 0 saturated heterocycles. The predicted molar refractivity (Wildman–Crippen MR) is 65.4 cm³/mol. The molecule has 2 rings (SSSR count). The van der Waals surface area contributed by atoms with E-state index in [0.717, 1.165) is 25.3 Å². The van der Waals surface area contributed by atoms with Crippen molar-refractivity contribution in [2.75, 3.05) is 13.1 Å². The monoisotopic (exact) mass is 219 g/mol. The highest BCUT2D eigenvalue weighted by molar-refractivity contribution is 5.21. The summed E-state index contributed by atoms with van der Waals surface area (Å²) >= 11 is 0. The molecule has 0 bridgehead atoms. The van der Waals surface area contributed by atoms with Crippen LogP contribution in [-0.2, 0) is 13.0 Å². The molecule has 16 heavy (non-hydrogen) atoms. The maximum atomic E-state index is 4.69. The fraction of sp³-hybridized carbons (Fsp3) is 0.692. The van der Waals surface area contributed by atoms with Crippen molar-refractivity contribution < 1.29 is 0 Å². The molecule has 0 aromatic carbocycles. The zero-order valence-corrected chi connectivity index (χ0v) is 10.5. The van der Waals surface area contributed by atoms with E-state index in [-0.39, 0.29) is 0 Å². The highest BCUT2D eigenvalue weighted by Gasteiger charge is 2.18. The second kappa shape index (κ2) is 4.91. The summed E-state index contributed by atoms with van der Waals surface area (Å²) in [5, 5.41) is 0. The van der Waals surface area contributed by atoms with Crippen LogP contribution in [0.4, 0.5) is 0 Å². The van der Waals surface area contributed by atoms with Gasteiger partial charge in [0, 0.05) is 25.2 Å². The van der Waals surface area contributed by atoms with Crippen LogP contribution in [0.15, 0.2) is 6.20 Å². The van der Waals surface area contributed by atoms with Crippen LogP contribution >= 0.6 is 0 Å². The topological polar surface area (TPSA) is 29.0 Å². The smallest absolute Gasteiger partial charge is 0.131 e. The lowest BCUT2D eigenvalue weighted by Crippen LogP contribution is -2.32. The Hall–Kier alpha value is -0.960. The van der Waals surface area contributed by atoms with Crippen molar-refractivity contribution in [3.63, 3.8) is 0 Å². The molecule has 0 saturated carbocycles. The van der Waals surface area contributed by atoms with Gasteiger partial charge >= 0.3 is 0 Å². The number of hydrogen-bond donors (Lipinski definition) is 0. The molecule has 0 fully saturated rings.